The molecule has 106 valence electrons. The van der Waals surface area contributed by atoms with Crippen molar-refractivity contribution in [1.82, 2.24) is 15.2 Å². The molecule has 2 N–H and O–H groups in total. The lowest BCUT2D eigenvalue weighted by Gasteiger charge is -2.06. The lowest BCUT2D eigenvalue weighted by atomic mass is 10.1. The highest BCUT2D eigenvalue weighted by molar-refractivity contribution is 5.56. The van der Waals surface area contributed by atoms with Crippen LogP contribution in [-0.2, 0) is 6.42 Å². The molecule has 0 aliphatic carbocycles. The van der Waals surface area contributed by atoms with E-state index in [-0.39, 0.29) is 5.69 Å². The van der Waals surface area contributed by atoms with Gasteiger partial charge in [0.1, 0.15) is 0 Å². The molecule has 7 heteroatoms. The summed E-state index contributed by atoms with van der Waals surface area (Å²) in [6.07, 6.45) is 5.15. The van der Waals surface area contributed by atoms with Gasteiger partial charge in [0, 0.05) is 24.5 Å². The summed E-state index contributed by atoms with van der Waals surface area (Å²) in [5, 5.41) is 20.8. The first-order valence-electron chi connectivity index (χ1n) is 6.41. The Bertz CT molecular complexity index is 609. The first kappa shape index (κ1) is 14.0. The zero-order chi connectivity index (χ0) is 14.5. The Morgan fingerprint density at radius 3 is 2.85 bits per heavy atom. The fourth-order valence-electron chi connectivity index (χ4n) is 1.94. The highest BCUT2D eigenvalue weighted by Crippen LogP contribution is 2.22. The van der Waals surface area contributed by atoms with Crippen molar-refractivity contribution in [3.05, 3.63) is 45.4 Å². The molecular weight excluding hydrogens is 258 g/mol. The molecule has 0 radical (unpaired) electrons. The number of aromatic amines is 1. The first-order valence-corrected chi connectivity index (χ1v) is 6.41. The fraction of sp³-hybridized carbons (Fsp3) is 0.385. The molecule has 0 unspecified atom stereocenters. The van der Waals surface area contributed by atoms with Crippen LogP contribution in [0.25, 0.3) is 0 Å². The predicted octanol–water partition coefficient (Wildman–Crippen LogP) is 2.37. The van der Waals surface area contributed by atoms with Crippen molar-refractivity contribution in [2.45, 2.75) is 26.7 Å². The number of aromatic nitrogens is 3. The third kappa shape index (κ3) is 3.31. The summed E-state index contributed by atoms with van der Waals surface area (Å²) in [4.78, 5) is 14.6. The molecule has 20 heavy (non-hydrogen) atoms. The second-order valence-corrected chi connectivity index (χ2v) is 4.69. The Kier molecular flexibility index (Phi) is 4.29. The maximum atomic E-state index is 11.0. The summed E-state index contributed by atoms with van der Waals surface area (Å²) in [6.45, 7) is 4.38. The van der Waals surface area contributed by atoms with Crippen LogP contribution in [0.2, 0.25) is 0 Å². The highest BCUT2D eigenvalue weighted by Gasteiger charge is 2.14. The number of hydrogen-bond donors (Lipinski definition) is 2. The summed E-state index contributed by atoms with van der Waals surface area (Å²) in [6, 6.07) is 1.52. The Hall–Kier alpha value is -2.44. The number of aryl methyl sites for hydroxylation is 3. The number of rotatable bonds is 6. The van der Waals surface area contributed by atoms with Crippen LogP contribution >= 0.6 is 0 Å². The number of nitrogens with zero attached hydrogens (tertiary/aromatic N) is 3. The molecule has 0 saturated heterocycles. The van der Waals surface area contributed by atoms with Gasteiger partial charge in [-0.15, -0.1) is 0 Å². The van der Waals surface area contributed by atoms with E-state index in [0.717, 1.165) is 29.7 Å². The minimum absolute atomic E-state index is 0.0180. The third-order valence-electron chi connectivity index (χ3n) is 3.05. The molecule has 7 nitrogen and oxygen atoms in total. The van der Waals surface area contributed by atoms with E-state index in [1.54, 1.807) is 13.1 Å². The Morgan fingerprint density at radius 1 is 1.40 bits per heavy atom. The number of anilines is 1. The number of hydrogen-bond acceptors (Lipinski definition) is 5. The van der Waals surface area contributed by atoms with Crippen LogP contribution in [0.5, 0.6) is 0 Å². The maximum absolute atomic E-state index is 11.0. The quantitative estimate of drug-likeness (QED) is 0.479. The van der Waals surface area contributed by atoms with Crippen molar-refractivity contribution in [3.8, 4) is 0 Å². The molecule has 0 aliphatic heterocycles. The number of nitro groups is 1. The second-order valence-electron chi connectivity index (χ2n) is 4.69. The molecule has 0 spiro atoms. The monoisotopic (exact) mass is 275 g/mol. The van der Waals surface area contributed by atoms with Crippen LogP contribution in [-0.4, -0.2) is 26.6 Å². The molecule has 0 saturated carbocycles. The van der Waals surface area contributed by atoms with Gasteiger partial charge in [0.05, 0.1) is 11.1 Å². The summed E-state index contributed by atoms with van der Waals surface area (Å²) < 4.78 is 0. The van der Waals surface area contributed by atoms with Gasteiger partial charge in [-0.2, -0.15) is 5.10 Å². The molecule has 0 amide bonds. The van der Waals surface area contributed by atoms with Crippen molar-refractivity contribution < 1.29 is 4.92 Å². The zero-order valence-corrected chi connectivity index (χ0v) is 11.5. The third-order valence-corrected chi connectivity index (χ3v) is 3.05. The Balaban J connectivity index is 1.91. The van der Waals surface area contributed by atoms with Gasteiger partial charge >= 0.3 is 5.69 Å². The van der Waals surface area contributed by atoms with Gasteiger partial charge < -0.3 is 5.32 Å². The molecule has 0 aliphatic rings. The summed E-state index contributed by atoms with van der Waals surface area (Å²) in [7, 11) is 0. The zero-order valence-electron chi connectivity index (χ0n) is 11.5. The normalized spacial score (nSPS) is 10.5. The average Bonchev–Trinajstić information content (AvgIpc) is 2.81. The summed E-state index contributed by atoms with van der Waals surface area (Å²) in [5.41, 5.74) is 3.02. The number of nitrogens with one attached hydrogen (secondary N) is 2. The van der Waals surface area contributed by atoms with E-state index in [0.29, 0.717) is 12.4 Å². The van der Waals surface area contributed by atoms with Gasteiger partial charge in [0.2, 0.25) is 5.82 Å². The van der Waals surface area contributed by atoms with E-state index >= 15 is 0 Å². The van der Waals surface area contributed by atoms with Crippen LogP contribution in [0.1, 0.15) is 23.2 Å². The van der Waals surface area contributed by atoms with Crippen LogP contribution in [0.3, 0.4) is 0 Å². The molecule has 0 atom stereocenters. The van der Waals surface area contributed by atoms with E-state index in [4.69, 9.17) is 0 Å². The number of H-pyrrole nitrogens is 1. The van der Waals surface area contributed by atoms with Gasteiger partial charge in [-0.1, -0.05) is 0 Å². The van der Waals surface area contributed by atoms with E-state index in [2.05, 4.69) is 20.5 Å². The van der Waals surface area contributed by atoms with Gasteiger partial charge in [0.15, 0.2) is 0 Å². The first-order chi connectivity index (χ1) is 9.58. The molecule has 2 aromatic heterocycles. The lowest BCUT2D eigenvalue weighted by Crippen LogP contribution is -2.07. The van der Waals surface area contributed by atoms with E-state index < -0.39 is 4.92 Å². The van der Waals surface area contributed by atoms with Crippen LogP contribution < -0.4 is 5.32 Å². The fourth-order valence-corrected chi connectivity index (χ4v) is 1.94. The largest absolute Gasteiger partial charge is 0.364 e. The van der Waals surface area contributed by atoms with Gasteiger partial charge in [-0.25, -0.2) is 4.98 Å². The van der Waals surface area contributed by atoms with Gasteiger partial charge in [0.25, 0.3) is 0 Å². The molecule has 0 fully saturated rings. The molecule has 2 aromatic rings. The minimum atomic E-state index is -0.414. The second kappa shape index (κ2) is 6.14. The molecule has 0 bridgehead atoms. The van der Waals surface area contributed by atoms with Gasteiger partial charge in [-0.05, 0) is 37.8 Å². The van der Waals surface area contributed by atoms with Crippen LogP contribution in [0.4, 0.5) is 11.5 Å². The topological polar surface area (TPSA) is 96.7 Å². The van der Waals surface area contributed by atoms with Crippen LogP contribution in [0, 0.1) is 24.0 Å². The van der Waals surface area contributed by atoms with E-state index in [1.807, 2.05) is 13.1 Å². The average molecular weight is 275 g/mol. The smallest absolute Gasteiger partial charge is 0.311 e. The Labute approximate surface area is 116 Å². The standard InChI is InChI=1S/C13H17N5O2/c1-9-6-12(18(19)20)13(15-7-9)14-5-3-4-11-8-16-17-10(11)2/h6-8H,3-5H2,1-2H3,(H,14,15)(H,16,17). The Morgan fingerprint density at radius 2 is 2.20 bits per heavy atom. The predicted molar refractivity (Wildman–Crippen MR) is 75.8 cm³/mol. The molecule has 0 aromatic carbocycles. The van der Waals surface area contributed by atoms with Crippen molar-refractivity contribution in [3.63, 3.8) is 0 Å². The van der Waals surface area contributed by atoms with Crippen molar-refractivity contribution in [2.75, 3.05) is 11.9 Å². The van der Waals surface area contributed by atoms with Crippen LogP contribution in [0.15, 0.2) is 18.5 Å². The van der Waals surface area contributed by atoms with Crippen molar-refractivity contribution >= 4 is 11.5 Å². The molecular formula is C13H17N5O2. The summed E-state index contributed by atoms with van der Waals surface area (Å²) in [5.74, 6) is 0.324. The number of pyridine rings is 1. The highest BCUT2D eigenvalue weighted by atomic mass is 16.6. The molecule has 2 heterocycles. The molecule has 2 rings (SSSR count). The minimum Gasteiger partial charge on any atom is -0.364 e. The van der Waals surface area contributed by atoms with Crippen molar-refractivity contribution in [1.29, 1.82) is 0 Å². The summed E-state index contributed by atoms with van der Waals surface area (Å²) >= 11 is 0. The van der Waals surface area contributed by atoms with E-state index in [9.17, 15) is 10.1 Å². The van der Waals surface area contributed by atoms with Crippen molar-refractivity contribution in [2.24, 2.45) is 0 Å². The SMILES string of the molecule is Cc1cnc(NCCCc2cn[nH]c2C)c([N+](=O)[O-])c1. The lowest BCUT2D eigenvalue weighted by molar-refractivity contribution is -0.384. The van der Waals surface area contributed by atoms with Gasteiger partial charge in [-0.3, -0.25) is 15.2 Å². The van der Waals surface area contributed by atoms with E-state index in [1.165, 1.54) is 6.07 Å². The maximum Gasteiger partial charge on any atom is 0.311 e.